The third-order valence-electron chi connectivity index (χ3n) is 3.98. The normalized spacial score (nSPS) is 13.5. The Labute approximate surface area is 158 Å². The second kappa shape index (κ2) is 7.05. The largest absolute Gasteiger partial charge is 0.320 e. The zero-order chi connectivity index (χ0) is 19.1. The lowest BCUT2D eigenvalue weighted by atomic mass is 10.2. The molecule has 26 heavy (non-hydrogen) atoms. The van der Waals surface area contributed by atoms with Crippen LogP contribution in [0.2, 0.25) is 0 Å². The van der Waals surface area contributed by atoms with E-state index < -0.39 is 22.6 Å². The van der Waals surface area contributed by atoms with Gasteiger partial charge in [-0.3, -0.25) is 4.57 Å². The van der Waals surface area contributed by atoms with E-state index in [0.717, 1.165) is 14.6 Å². The van der Waals surface area contributed by atoms with Gasteiger partial charge in [0.1, 0.15) is 5.82 Å². The Hall–Kier alpha value is -1.84. The summed E-state index contributed by atoms with van der Waals surface area (Å²) in [5.41, 5.74) is 1.39. The smallest absolute Gasteiger partial charge is 0.269 e. The Morgan fingerprint density at radius 3 is 2.54 bits per heavy atom. The van der Waals surface area contributed by atoms with Gasteiger partial charge in [-0.1, -0.05) is 28.1 Å². The van der Waals surface area contributed by atoms with Gasteiger partial charge in [0.25, 0.3) is 0 Å². The van der Waals surface area contributed by atoms with Crippen LogP contribution in [0.5, 0.6) is 0 Å². The fourth-order valence-electron chi connectivity index (χ4n) is 2.71. The number of fused-ring (bicyclic) bond motifs is 1. The quantitative estimate of drug-likeness (QED) is 0.629. The monoisotopic (exact) mass is 443 g/mol. The van der Waals surface area contributed by atoms with Crippen LogP contribution in [-0.4, -0.2) is 18.0 Å². The number of hydrogen-bond acceptors (Lipinski definition) is 3. The second-order valence-corrected chi connectivity index (χ2v) is 8.43. The fraction of sp³-hybridized carbons (Fsp3) is 0.235. The molecule has 3 aromatic rings. The molecule has 138 valence electrons. The molecular weight excluding hydrogens is 428 g/mol. The first kappa shape index (κ1) is 18.9. The second-order valence-electron chi connectivity index (χ2n) is 5.86. The fourth-order valence-corrected chi connectivity index (χ4v) is 4.24. The van der Waals surface area contributed by atoms with Crippen molar-refractivity contribution in [2.45, 2.75) is 31.3 Å². The number of nitrogens with zero attached hydrogens (tertiary/aromatic N) is 2. The molecule has 0 aliphatic heterocycles. The van der Waals surface area contributed by atoms with E-state index in [-0.39, 0.29) is 16.2 Å². The molecule has 3 rings (SSSR count). The molecular formula is C17H16BrF2N3O2S. The van der Waals surface area contributed by atoms with Gasteiger partial charge in [-0.2, -0.15) is 8.78 Å². The molecule has 0 aliphatic carbocycles. The van der Waals surface area contributed by atoms with Crippen molar-refractivity contribution < 1.29 is 17.2 Å². The third-order valence-corrected chi connectivity index (χ3v) is 6.41. The van der Waals surface area contributed by atoms with E-state index in [4.69, 9.17) is 0 Å². The molecule has 1 heterocycles. The SMILES string of the molecule is Cc1cc(S(=O)(=O)N[C@H](C)c2nc3ccccc3n2C(F)F)ccc1Br. The Morgan fingerprint density at radius 1 is 1.19 bits per heavy atom. The van der Waals surface area contributed by atoms with Crippen molar-refractivity contribution in [3.8, 4) is 0 Å². The van der Waals surface area contributed by atoms with E-state index in [1.54, 1.807) is 31.2 Å². The summed E-state index contributed by atoms with van der Waals surface area (Å²) in [4.78, 5) is 4.25. The van der Waals surface area contributed by atoms with Gasteiger partial charge in [0.05, 0.1) is 22.0 Å². The topological polar surface area (TPSA) is 64.0 Å². The van der Waals surface area contributed by atoms with Gasteiger partial charge in [-0.25, -0.2) is 18.1 Å². The average Bonchev–Trinajstić information content (AvgIpc) is 2.96. The highest BCUT2D eigenvalue weighted by Gasteiger charge is 2.26. The van der Waals surface area contributed by atoms with Crippen molar-refractivity contribution in [2.24, 2.45) is 0 Å². The number of halogens is 3. The van der Waals surface area contributed by atoms with E-state index in [1.807, 2.05) is 0 Å². The van der Waals surface area contributed by atoms with Crippen LogP contribution in [0.1, 0.15) is 30.9 Å². The molecule has 0 fully saturated rings. The van der Waals surface area contributed by atoms with Crippen LogP contribution in [-0.2, 0) is 10.0 Å². The molecule has 0 saturated carbocycles. The predicted octanol–water partition coefficient (Wildman–Crippen LogP) is 4.54. The minimum atomic E-state index is -3.90. The van der Waals surface area contributed by atoms with Crippen molar-refractivity contribution in [1.82, 2.24) is 14.3 Å². The summed E-state index contributed by atoms with van der Waals surface area (Å²) in [7, 11) is -3.90. The lowest BCUT2D eigenvalue weighted by molar-refractivity contribution is 0.0702. The van der Waals surface area contributed by atoms with Gasteiger partial charge < -0.3 is 0 Å². The van der Waals surface area contributed by atoms with Crippen LogP contribution in [0.15, 0.2) is 51.8 Å². The molecule has 0 spiro atoms. The van der Waals surface area contributed by atoms with Gasteiger partial charge in [-0.15, -0.1) is 0 Å². The van der Waals surface area contributed by atoms with E-state index in [1.165, 1.54) is 25.1 Å². The predicted molar refractivity (Wildman–Crippen MR) is 98.6 cm³/mol. The zero-order valence-corrected chi connectivity index (χ0v) is 16.4. The molecule has 1 aromatic heterocycles. The van der Waals surface area contributed by atoms with E-state index >= 15 is 0 Å². The number of hydrogen-bond donors (Lipinski definition) is 1. The molecule has 0 aliphatic rings. The summed E-state index contributed by atoms with van der Waals surface area (Å²) in [5, 5.41) is 0. The van der Waals surface area contributed by atoms with Crippen LogP contribution >= 0.6 is 15.9 Å². The van der Waals surface area contributed by atoms with Crippen LogP contribution in [0, 0.1) is 6.92 Å². The average molecular weight is 444 g/mol. The van der Waals surface area contributed by atoms with Gasteiger partial charge in [0.2, 0.25) is 10.0 Å². The summed E-state index contributed by atoms with van der Waals surface area (Å²) in [6.07, 6.45) is 0. The molecule has 5 nitrogen and oxygen atoms in total. The summed E-state index contributed by atoms with van der Waals surface area (Å²) >= 11 is 3.32. The Kier molecular flexibility index (Phi) is 5.14. The van der Waals surface area contributed by atoms with Crippen molar-refractivity contribution in [2.75, 3.05) is 0 Å². The highest BCUT2D eigenvalue weighted by atomic mass is 79.9. The molecule has 2 aromatic carbocycles. The maximum Gasteiger partial charge on any atom is 0.320 e. The maximum atomic E-state index is 13.5. The number of aromatic nitrogens is 2. The molecule has 1 atom stereocenters. The van der Waals surface area contributed by atoms with Gasteiger partial charge in [0, 0.05) is 4.47 Å². The molecule has 0 bridgehead atoms. The van der Waals surface area contributed by atoms with Crippen molar-refractivity contribution in [1.29, 1.82) is 0 Å². The summed E-state index contributed by atoms with van der Waals surface area (Å²) < 4.78 is 56.3. The summed E-state index contributed by atoms with van der Waals surface area (Å²) in [5.74, 6) is -0.0430. The number of sulfonamides is 1. The van der Waals surface area contributed by atoms with Crippen LogP contribution in [0.3, 0.4) is 0 Å². The Bertz CT molecular complexity index is 1070. The molecule has 0 saturated heterocycles. The summed E-state index contributed by atoms with van der Waals surface area (Å²) in [6, 6.07) is 10.1. The lowest BCUT2D eigenvalue weighted by Crippen LogP contribution is -2.29. The van der Waals surface area contributed by atoms with Crippen LogP contribution in [0.4, 0.5) is 8.78 Å². The number of para-hydroxylation sites is 2. The van der Waals surface area contributed by atoms with Gasteiger partial charge in [0.15, 0.2) is 0 Å². The zero-order valence-electron chi connectivity index (χ0n) is 13.9. The minimum Gasteiger partial charge on any atom is -0.269 e. The number of rotatable bonds is 5. The van der Waals surface area contributed by atoms with Crippen LogP contribution < -0.4 is 4.72 Å². The number of aryl methyl sites for hydroxylation is 1. The first-order chi connectivity index (χ1) is 12.2. The van der Waals surface area contributed by atoms with Crippen LogP contribution in [0.25, 0.3) is 11.0 Å². The molecule has 9 heteroatoms. The van der Waals surface area contributed by atoms with Crippen molar-refractivity contribution in [3.05, 3.63) is 58.3 Å². The molecule has 0 amide bonds. The van der Waals surface area contributed by atoms with E-state index in [2.05, 4.69) is 25.6 Å². The number of nitrogens with one attached hydrogen (secondary N) is 1. The van der Waals surface area contributed by atoms with E-state index in [0.29, 0.717) is 5.52 Å². The number of benzene rings is 2. The first-order valence-corrected chi connectivity index (χ1v) is 10.0. The highest BCUT2D eigenvalue weighted by molar-refractivity contribution is 9.10. The van der Waals surface area contributed by atoms with Gasteiger partial charge in [-0.05, 0) is 49.7 Å². The standard InChI is InChI=1S/C17H16BrF2N3O2S/c1-10-9-12(7-8-13(10)18)26(24,25)22-11(2)16-21-14-5-3-4-6-15(14)23(16)17(19)20/h3-9,11,17,22H,1-2H3/t11-/m1/s1. The highest BCUT2D eigenvalue weighted by Crippen LogP contribution is 2.28. The summed E-state index contributed by atoms with van der Waals surface area (Å²) in [6.45, 7) is 0.422. The number of imidazole rings is 1. The van der Waals surface area contributed by atoms with Crippen molar-refractivity contribution >= 4 is 37.0 Å². The first-order valence-electron chi connectivity index (χ1n) is 7.74. The molecule has 1 N–H and O–H groups in total. The molecule has 0 radical (unpaired) electrons. The van der Waals surface area contributed by atoms with Gasteiger partial charge >= 0.3 is 6.55 Å². The molecule has 0 unspecified atom stereocenters. The van der Waals surface area contributed by atoms with E-state index in [9.17, 15) is 17.2 Å². The Morgan fingerprint density at radius 2 is 1.88 bits per heavy atom. The maximum absolute atomic E-state index is 13.5. The Balaban J connectivity index is 1.99. The minimum absolute atomic E-state index is 0.0430. The lowest BCUT2D eigenvalue weighted by Gasteiger charge is -2.16. The number of alkyl halides is 2. The van der Waals surface area contributed by atoms with Crippen molar-refractivity contribution in [3.63, 3.8) is 0 Å². The third kappa shape index (κ3) is 3.51.